The minimum Gasteiger partial charge on any atom is -0.350 e. The summed E-state index contributed by atoms with van der Waals surface area (Å²) in [7, 11) is 0. The van der Waals surface area contributed by atoms with E-state index in [9.17, 15) is 0 Å². The lowest BCUT2D eigenvalue weighted by molar-refractivity contribution is 0.110. The van der Waals surface area contributed by atoms with Crippen molar-refractivity contribution in [1.29, 1.82) is 0 Å². The predicted molar refractivity (Wildman–Crippen MR) is 97.8 cm³/mol. The third-order valence-electron chi connectivity index (χ3n) is 4.36. The van der Waals surface area contributed by atoms with Gasteiger partial charge in [0.15, 0.2) is 6.23 Å². The Hall–Kier alpha value is -2.37. The lowest BCUT2D eigenvalue weighted by Gasteiger charge is -2.23. The molecule has 3 aromatic rings. The van der Waals surface area contributed by atoms with Crippen molar-refractivity contribution < 1.29 is 4.74 Å². The van der Waals surface area contributed by atoms with E-state index in [0.717, 1.165) is 28.5 Å². The zero-order valence-electron chi connectivity index (χ0n) is 14.0. The monoisotopic (exact) mass is 354 g/mol. The molecule has 0 saturated carbocycles. The molecule has 25 heavy (non-hydrogen) atoms. The largest absolute Gasteiger partial charge is 0.350 e. The maximum absolute atomic E-state index is 6.23. The molecule has 0 N–H and O–H groups in total. The van der Waals surface area contributed by atoms with Gasteiger partial charge >= 0.3 is 0 Å². The zero-order valence-corrected chi connectivity index (χ0v) is 14.7. The van der Waals surface area contributed by atoms with Gasteiger partial charge in [0, 0.05) is 17.3 Å². The third kappa shape index (κ3) is 3.38. The van der Waals surface area contributed by atoms with Crippen molar-refractivity contribution in [3.8, 4) is 0 Å². The van der Waals surface area contributed by atoms with Crippen LogP contribution in [0.25, 0.3) is 0 Å². The number of ether oxygens (including phenoxy) is 1. The van der Waals surface area contributed by atoms with Gasteiger partial charge < -0.3 is 9.64 Å². The van der Waals surface area contributed by atoms with Crippen molar-refractivity contribution in [2.75, 3.05) is 18.1 Å². The van der Waals surface area contributed by atoms with Gasteiger partial charge in [0.25, 0.3) is 0 Å². The van der Waals surface area contributed by atoms with E-state index in [0.29, 0.717) is 13.2 Å². The fourth-order valence-electron chi connectivity index (χ4n) is 3.02. The van der Waals surface area contributed by atoms with Crippen molar-refractivity contribution in [2.45, 2.75) is 19.7 Å². The van der Waals surface area contributed by atoms with Crippen molar-refractivity contribution in [3.63, 3.8) is 0 Å². The van der Waals surface area contributed by atoms with Crippen LogP contribution in [0.5, 0.6) is 0 Å². The highest BCUT2D eigenvalue weighted by atomic mass is 35.5. The Morgan fingerprint density at radius 2 is 1.96 bits per heavy atom. The molecule has 1 saturated heterocycles. The molecule has 1 aromatic heterocycles. The molecule has 5 nitrogen and oxygen atoms in total. The maximum atomic E-state index is 6.23. The smallest absolute Gasteiger partial charge is 0.177 e. The quantitative estimate of drug-likeness (QED) is 0.714. The highest BCUT2D eigenvalue weighted by Crippen LogP contribution is 2.31. The molecule has 0 radical (unpaired) electrons. The summed E-state index contributed by atoms with van der Waals surface area (Å²) in [5, 5.41) is 9.30. The molecule has 1 atom stereocenters. The Bertz CT molecular complexity index is 862. The first-order chi connectivity index (χ1) is 12.2. The van der Waals surface area contributed by atoms with Crippen LogP contribution in [0, 0.1) is 6.92 Å². The first-order valence-corrected chi connectivity index (χ1v) is 8.67. The number of benzene rings is 2. The van der Waals surface area contributed by atoms with Gasteiger partial charge in [0.2, 0.25) is 0 Å². The van der Waals surface area contributed by atoms with E-state index in [1.165, 1.54) is 5.56 Å². The van der Waals surface area contributed by atoms with Gasteiger partial charge in [0.1, 0.15) is 5.69 Å². The second-order valence-corrected chi connectivity index (χ2v) is 6.59. The number of anilines is 1. The number of rotatable bonds is 4. The summed E-state index contributed by atoms with van der Waals surface area (Å²) >= 11 is 6.23. The van der Waals surface area contributed by atoms with Gasteiger partial charge in [-0.05, 0) is 30.7 Å². The summed E-state index contributed by atoms with van der Waals surface area (Å²) in [6, 6.07) is 16.2. The summed E-state index contributed by atoms with van der Waals surface area (Å²) in [5.74, 6) is 0. The second-order valence-electron chi connectivity index (χ2n) is 6.18. The Labute approximate surface area is 151 Å². The molecule has 0 aliphatic carbocycles. The van der Waals surface area contributed by atoms with Gasteiger partial charge in [-0.3, -0.25) is 0 Å². The maximum Gasteiger partial charge on any atom is 0.177 e. The highest BCUT2D eigenvalue weighted by Gasteiger charge is 2.29. The molecule has 2 aromatic carbocycles. The Kier molecular flexibility index (Phi) is 4.42. The van der Waals surface area contributed by atoms with E-state index < -0.39 is 0 Å². The van der Waals surface area contributed by atoms with Crippen LogP contribution in [0.15, 0.2) is 54.7 Å². The minimum atomic E-state index is -0.206. The van der Waals surface area contributed by atoms with Crippen molar-refractivity contribution in [1.82, 2.24) is 15.0 Å². The average molecular weight is 355 g/mol. The van der Waals surface area contributed by atoms with E-state index in [1.807, 2.05) is 30.5 Å². The van der Waals surface area contributed by atoms with Crippen LogP contribution in [-0.4, -0.2) is 28.1 Å². The van der Waals surface area contributed by atoms with Crippen LogP contribution in [0.2, 0.25) is 5.02 Å². The summed E-state index contributed by atoms with van der Waals surface area (Å²) < 4.78 is 7.70. The Morgan fingerprint density at radius 3 is 2.76 bits per heavy atom. The molecule has 1 aliphatic heterocycles. The van der Waals surface area contributed by atoms with E-state index in [-0.39, 0.29) is 6.23 Å². The Balaban J connectivity index is 1.54. The van der Waals surface area contributed by atoms with E-state index in [2.05, 4.69) is 46.4 Å². The fourth-order valence-corrected chi connectivity index (χ4v) is 3.22. The number of hydrogen-bond acceptors (Lipinski definition) is 4. The van der Waals surface area contributed by atoms with Gasteiger partial charge in [0.05, 0.1) is 19.3 Å². The minimum absolute atomic E-state index is 0.206. The molecule has 0 bridgehead atoms. The molecule has 4 rings (SSSR count). The first kappa shape index (κ1) is 16.1. The van der Waals surface area contributed by atoms with Crippen molar-refractivity contribution in [2.24, 2.45) is 0 Å². The third-order valence-corrected chi connectivity index (χ3v) is 4.72. The van der Waals surface area contributed by atoms with Crippen LogP contribution in [0.1, 0.15) is 23.0 Å². The molecule has 2 heterocycles. The van der Waals surface area contributed by atoms with Crippen LogP contribution >= 0.6 is 11.6 Å². The van der Waals surface area contributed by atoms with E-state index in [1.54, 1.807) is 4.68 Å². The van der Waals surface area contributed by atoms with Crippen LogP contribution in [0.3, 0.4) is 0 Å². The molecule has 1 fully saturated rings. The van der Waals surface area contributed by atoms with Gasteiger partial charge in [-0.1, -0.05) is 52.7 Å². The predicted octanol–water partition coefficient (Wildman–Crippen LogP) is 3.82. The fraction of sp³-hybridized carbons (Fsp3) is 0.263. The molecule has 0 unspecified atom stereocenters. The van der Waals surface area contributed by atoms with Crippen molar-refractivity contribution in [3.05, 3.63) is 76.6 Å². The first-order valence-electron chi connectivity index (χ1n) is 8.29. The Morgan fingerprint density at radius 1 is 1.16 bits per heavy atom. The molecule has 0 spiro atoms. The number of hydrogen-bond donors (Lipinski definition) is 0. The molecule has 0 amide bonds. The summed E-state index contributed by atoms with van der Waals surface area (Å²) in [6.45, 7) is 4.19. The lowest BCUT2D eigenvalue weighted by Crippen LogP contribution is -2.23. The van der Waals surface area contributed by atoms with E-state index >= 15 is 0 Å². The van der Waals surface area contributed by atoms with E-state index in [4.69, 9.17) is 16.3 Å². The van der Waals surface area contributed by atoms with Crippen LogP contribution < -0.4 is 4.90 Å². The topological polar surface area (TPSA) is 43.2 Å². The summed E-state index contributed by atoms with van der Waals surface area (Å²) in [5.41, 5.74) is 4.20. The SMILES string of the molecule is Cc1ccc(N2CCO[C@@H]2c2cn(Cc3ccccc3Cl)nn2)cc1. The standard InChI is InChI=1S/C19H19ClN4O/c1-14-6-8-16(9-7-14)24-10-11-25-19(24)18-13-23(22-21-18)12-15-4-2-3-5-17(15)20/h2-9,13,19H,10-12H2,1H3/t19-/m1/s1. The highest BCUT2D eigenvalue weighted by molar-refractivity contribution is 6.31. The van der Waals surface area contributed by atoms with Gasteiger partial charge in [-0.25, -0.2) is 4.68 Å². The number of halogens is 1. The number of nitrogens with zero attached hydrogens (tertiary/aromatic N) is 4. The van der Waals surface area contributed by atoms with Crippen molar-refractivity contribution >= 4 is 17.3 Å². The summed E-state index contributed by atoms with van der Waals surface area (Å²) in [4.78, 5) is 2.21. The van der Waals surface area contributed by atoms with Crippen LogP contribution in [-0.2, 0) is 11.3 Å². The molecular weight excluding hydrogens is 336 g/mol. The van der Waals surface area contributed by atoms with Crippen LogP contribution in [0.4, 0.5) is 5.69 Å². The molecular formula is C19H19ClN4O. The average Bonchev–Trinajstić information content (AvgIpc) is 3.27. The summed E-state index contributed by atoms with van der Waals surface area (Å²) in [6.07, 6.45) is 1.73. The molecule has 128 valence electrons. The number of aryl methyl sites for hydroxylation is 1. The molecule has 1 aliphatic rings. The second kappa shape index (κ2) is 6.86. The van der Waals surface area contributed by atoms with Gasteiger partial charge in [-0.2, -0.15) is 0 Å². The zero-order chi connectivity index (χ0) is 17.2. The lowest BCUT2D eigenvalue weighted by atomic mass is 10.2. The van der Waals surface area contributed by atoms with Gasteiger partial charge in [-0.15, -0.1) is 5.10 Å². The normalized spacial score (nSPS) is 17.2. The molecule has 6 heteroatoms. The number of aromatic nitrogens is 3.